The SMILES string of the molecule is CSNC(=O)c1nc(Cl)ccc1NC(C)c1cc(C)cc2c(=O)n(C)c(-c3ccc(F)cn3)nc12. The molecule has 0 spiro atoms. The summed E-state index contributed by atoms with van der Waals surface area (Å²) in [5.41, 5.74) is 2.86. The molecule has 1 unspecified atom stereocenters. The van der Waals surface area contributed by atoms with Crippen LogP contribution in [-0.2, 0) is 7.05 Å². The number of hydrogen-bond acceptors (Lipinski definition) is 7. The van der Waals surface area contributed by atoms with Crippen molar-refractivity contribution in [3.63, 3.8) is 0 Å². The van der Waals surface area contributed by atoms with Crippen molar-refractivity contribution in [1.82, 2.24) is 24.2 Å². The van der Waals surface area contributed by atoms with Gasteiger partial charge >= 0.3 is 0 Å². The number of amides is 1. The summed E-state index contributed by atoms with van der Waals surface area (Å²) in [6.45, 7) is 3.79. The van der Waals surface area contributed by atoms with Crippen molar-refractivity contribution in [1.29, 1.82) is 0 Å². The summed E-state index contributed by atoms with van der Waals surface area (Å²) in [6, 6.07) is 9.37. The first-order valence-electron chi connectivity index (χ1n) is 10.6. The molecule has 4 rings (SSSR count). The van der Waals surface area contributed by atoms with E-state index in [2.05, 4.69) is 20.0 Å². The van der Waals surface area contributed by atoms with Crippen LogP contribution in [0.4, 0.5) is 10.1 Å². The second kappa shape index (κ2) is 10.0. The maximum absolute atomic E-state index is 13.4. The maximum Gasteiger partial charge on any atom is 0.281 e. The van der Waals surface area contributed by atoms with Gasteiger partial charge in [0.05, 0.1) is 28.8 Å². The van der Waals surface area contributed by atoms with E-state index in [-0.39, 0.29) is 28.4 Å². The van der Waals surface area contributed by atoms with Gasteiger partial charge in [0.15, 0.2) is 11.5 Å². The molecule has 180 valence electrons. The van der Waals surface area contributed by atoms with Crippen LogP contribution in [-0.4, -0.2) is 31.7 Å². The molecule has 0 bridgehead atoms. The Kier molecular flexibility index (Phi) is 7.04. The lowest BCUT2D eigenvalue weighted by Crippen LogP contribution is -2.23. The maximum atomic E-state index is 13.4. The van der Waals surface area contributed by atoms with Crippen LogP contribution in [0.25, 0.3) is 22.4 Å². The first kappa shape index (κ1) is 24.6. The van der Waals surface area contributed by atoms with Crippen LogP contribution >= 0.6 is 23.5 Å². The monoisotopic (exact) mass is 512 g/mol. The summed E-state index contributed by atoms with van der Waals surface area (Å²) in [5.74, 6) is -0.556. The van der Waals surface area contributed by atoms with Crippen LogP contribution < -0.4 is 15.6 Å². The van der Waals surface area contributed by atoms with E-state index in [1.807, 2.05) is 19.9 Å². The van der Waals surface area contributed by atoms with Gasteiger partial charge in [0.25, 0.3) is 11.5 Å². The smallest absolute Gasteiger partial charge is 0.281 e. The van der Waals surface area contributed by atoms with E-state index in [0.29, 0.717) is 28.1 Å². The van der Waals surface area contributed by atoms with Crippen LogP contribution in [0.3, 0.4) is 0 Å². The number of aromatic nitrogens is 4. The van der Waals surface area contributed by atoms with E-state index < -0.39 is 5.82 Å². The van der Waals surface area contributed by atoms with Gasteiger partial charge in [-0.1, -0.05) is 29.6 Å². The van der Waals surface area contributed by atoms with Gasteiger partial charge in [-0.05, 0) is 49.7 Å². The number of benzene rings is 1. The largest absolute Gasteiger partial charge is 0.377 e. The van der Waals surface area contributed by atoms with Crippen LogP contribution in [0.5, 0.6) is 0 Å². The van der Waals surface area contributed by atoms with Crippen LogP contribution in [0.2, 0.25) is 5.15 Å². The Labute approximate surface area is 210 Å². The Morgan fingerprint density at radius 2 is 1.97 bits per heavy atom. The molecule has 3 heterocycles. The molecule has 4 aromatic rings. The first-order valence-corrected chi connectivity index (χ1v) is 12.2. The van der Waals surface area contributed by atoms with Crippen molar-refractivity contribution in [2.45, 2.75) is 19.9 Å². The molecule has 0 aliphatic carbocycles. The summed E-state index contributed by atoms with van der Waals surface area (Å²) in [5, 5.41) is 3.94. The summed E-state index contributed by atoms with van der Waals surface area (Å²) >= 11 is 7.18. The van der Waals surface area contributed by atoms with Gasteiger partial charge in [0.1, 0.15) is 16.7 Å². The summed E-state index contributed by atoms with van der Waals surface area (Å²) in [6.07, 6.45) is 2.82. The lowest BCUT2D eigenvalue weighted by atomic mass is 10.0. The van der Waals surface area contributed by atoms with Crippen molar-refractivity contribution in [2.24, 2.45) is 7.05 Å². The minimum atomic E-state index is -0.480. The van der Waals surface area contributed by atoms with E-state index in [9.17, 15) is 14.0 Å². The third-order valence-corrected chi connectivity index (χ3v) is 6.02. The first-order chi connectivity index (χ1) is 16.7. The number of nitrogens with one attached hydrogen (secondary N) is 2. The van der Waals surface area contributed by atoms with Crippen molar-refractivity contribution >= 4 is 46.0 Å². The molecular formula is C24H22ClFN6O2S. The predicted molar refractivity (Wildman–Crippen MR) is 137 cm³/mol. The highest BCUT2D eigenvalue weighted by molar-refractivity contribution is 7.97. The third kappa shape index (κ3) is 4.98. The number of carbonyl (C=O) groups excluding carboxylic acids is 1. The van der Waals surface area contributed by atoms with Gasteiger partial charge in [0.2, 0.25) is 0 Å². The second-order valence-electron chi connectivity index (χ2n) is 7.94. The topological polar surface area (TPSA) is 102 Å². The molecule has 0 fully saturated rings. The molecule has 0 saturated carbocycles. The zero-order chi connectivity index (χ0) is 25.3. The second-order valence-corrected chi connectivity index (χ2v) is 8.94. The molecule has 8 nitrogen and oxygen atoms in total. The number of nitrogens with zero attached hydrogens (tertiary/aromatic N) is 4. The number of rotatable bonds is 6. The number of carbonyl (C=O) groups is 1. The fraction of sp³-hybridized carbons (Fsp3) is 0.208. The van der Waals surface area contributed by atoms with Gasteiger partial charge in [0, 0.05) is 18.9 Å². The van der Waals surface area contributed by atoms with E-state index in [1.165, 1.54) is 16.7 Å². The number of hydrogen-bond donors (Lipinski definition) is 2. The zero-order valence-corrected chi connectivity index (χ0v) is 21.0. The fourth-order valence-electron chi connectivity index (χ4n) is 3.80. The molecular weight excluding hydrogens is 491 g/mol. The Morgan fingerprint density at radius 3 is 2.66 bits per heavy atom. The summed E-state index contributed by atoms with van der Waals surface area (Å²) < 4.78 is 17.5. The molecule has 3 aromatic heterocycles. The third-order valence-electron chi connectivity index (χ3n) is 5.42. The molecule has 11 heteroatoms. The van der Waals surface area contributed by atoms with Gasteiger partial charge in [-0.3, -0.25) is 18.9 Å². The fourth-order valence-corrected chi connectivity index (χ4v) is 4.23. The quantitative estimate of drug-likeness (QED) is 0.286. The average molecular weight is 513 g/mol. The molecule has 2 N–H and O–H groups in total. The van der Waals surface area contributed by atoms with Gasteiger partial charge < -0.3 is 5.32 Å². The van der Waals surface area contributed by atoms with Crippen LogP contribution in [0.15, 0.2) is 47.4 Å². The van der Waals surface area contributed by atoms with Crippen LogP contribution in [0, 0.1) is 12.7 Å². The Balaban J connectivity index is 1.84. The Bertz CT molecular complexity index is 1490. The summed E-state index contributed by atoms with van der Waals surface area (Å²) in [4.78, 5) is 38.8. The van der Waals surface area contributed by atoms with Crippen molar-refractivity contribution in [3.8, 4) is 11.5 Å². The van der Waals surface area contributed by atoms with Crippen molar-refractivity contribution < 1.29 is 9.18 Å². The highest BCUT2D eigenvalue weighted by Crippen LogP contribution is 2.29. The van der Waals surface area contributed by atoms with E-state index >= 15 is 0 Å². The minimum Gasteiger partial charge on any atom is -0.377 e. The number of pyridine rings is 2. The van der Waals surface area contributed by atoms with Gasteiger partial charge in [-0.2, -0.15) is 0 Å². The van der Waals surface area contributed by atoms with Gasteiger partial charge in [-0.25, -0.2) is 19.3 Å². The lowest BCUT2D eigenvalue weighted by Gasteiger charge is -2.20. The number of aryl methyl sites for hydroxylation is 1. The normalized spacial score (nSPS) is 11.9. The van der Waals surface area contributed by atoms with E-state index in [0.717, 1.165) is 29.3 Å². The van der Waals surface area contributed by atoms with Crippen molar-refractivity contribution in [2.75, 3.05) is 11.6 Å². The number of anilines is 1. The van der Waals surface area contributed by atoms with Crippen LogP contribution in [0.1, 0.15) is 34.6 Å². The number of halogens is 2. The Hall–Kier alpha value is -3.50. The van der Waals surface area contributed by atoms with Crippen molar-refractivity contribution in [3.05, 3.63) is 80.7 Å². The van der Waals surface area contributed by atoms with E-state index in [4.69, 9.17) is 16.6 Å². The standard InChI is InChI=1S/C24H22ClFN6O2S/c1-12-9-15(13(2)28-17-7-8-19(25)29-21(17)23(33)31-35-4)20-16(10-12)24(34)32(3)22(30-20)18-6-5-14(26)11-27-18/h5-11,13,28H,1-4H3,(H,31,33). The lowest BCUT2D eigenvalue weighted by molar-refractivity contribution is 0.0980. The van der Waals surface area contributed by atoms with Gasteiger partial charge in [-0.15, -0.1) is 0 Å². The predicted octanol–water partition coefficient (Wildman–Crippen LogP) is 4.67. The minimum absolute atomic E-state index is 0.149. The molecule has 0 saturated heterocycles. The molecule has 35 heavy (non-hydrogen) atoms. The molecule has 0 aliphatic heterocycles. The molecule has 1 aromatic carbocycles. The Morgan fingerprint density at radius 1 is 1.20 bits per heavy atom. The molecule has 0 radical (unpaired) electrons. The average Bonchev–Trinajstić information content (AvgIpc) is 2.83. The molecule has 1 amide bonds. The summed E-state index contributed by atoms with van der Waals surface area (Å²) in [7, 11) is 1.61. The highest BCUT2D eigenvalue weighted by atomic mass is 35.5. The van der Waals surface area contributed by atoms with E-state index in [1.54, 1.807) is 31.5 Å². The zero-order valence-electron chi connectivity index (χ0n) is 19.4. The molecule has 0 aliphatic rings. The number of fused-ring (bicyclic) bond motifs is 1. The highest BCUT2D eigenvalue weighted by Gasteiger charge is 2.20. The molecule has 1 atom stereocenters.